The molecule has 0 bridgehead atoms. The molecule has 0 radical (unpaired) electrons. The van der Waals surface area contributed by atoms with Gasteiger partial charge in [-0.05, 0) is 43.7 Å². The van der Waals surface area contributed by atoms with E-state index in [4.69, 9.17) is 18.9 Å². The van der Waals surface area contributed by atoms with Crippen LogP contribution in [0, 0.1) is 5.92 Å². The van der Waals surface area contributed by atoms with E-state index in [0.29, 0.717) is 11.4 Å². The van der Waals surface area contributed by atoms with E-state index in [2.05, 4.69) is 13.2 Å². The van der Waals surface area contributed by atoms with Gasteiger partial charge in [0.15, 0.2) is 6.10 Å². The number of β-lactam (4-membered cyclic amide) rings is 1. The average Bonchev–Trinajstić information content (AvgIpc) is 3.19. The Hall–Kier alpha value is -3.66. The normalized spacial score (nSPS) is 27.6. The predicted octanol–water partition coefficient (Wildman–Crippen LogP) is 1.49. The van der Waals surface area contributed by atoms with Crippen LogP contribution in [0.15, 0.2) is 49.6 Å². The third-order valence-corrected chi connectivity index (χ3v) is 6.58. The Kier molecular flexibility index (Phi) is 7.64. The molecule has 0 spiro atoms. The van der Waals surface area contributed by atoms with E-state index >= 15 is 0 Å². The van der Waals surface area contributed by atoms with Crippen LogP contribution < -0.4 is 9.64 Å². The summed E-state index contributed by atoms with van der Waals surface area (Å²) >= 11 is 0. The third-order valence-electron chi connectivity index (χ3n) is 6.58. The first kappa shape index (κ1) is 26.0. The van der Waals surface area contributed by atoms with Gasteiger partial charge in [0.1, 0.15) is 11.3 Å². The van der Waals surface area contributed by atoms with Gasteiger partial charge in [-0.2, -0.15) is 0 Å². The second-order valence-corrected chi connectivity index (χ2v) is 8.44. The largest absolute Gasteiger partial charge is 0.497 e. The lowest BCUT2D eigenvalue weighted by atomic mass is 9.82. The van der Waals surface area contributed by atoms with Gasteiger partial charge in [0, 0.05) is 5.69 Å². The highest BCUT2D eigenvalue weighted by atomic mass is 16.5. The van der Waals surface area contributed by atoms with E-state index in [-0.39, 0.29) is 18.9 Å². The van der Waals surface area contributed by atoms with Gasteiger partial charge >= 0.3 is 11.9 Å². The fourth-order valence-corrected chi connectivity index (χ4v) is 5.01. The van der Waals surface area contributed by atoms with Crippen LogP contribution in [0.4, 0.5) is 5.69 Å². The minimum absolute atomic E-state index is 0.0636. The molecule has 2 heterocycles. The zero-order valence-corrected chi connectivity index (χ0v) is 20.3. The van der Waals surface area contributed by atoms with Crippen molar-refractivity contribution in [2.75, 3.05) is 32.8 Å². The predicted molar refractivity (Wildman–Crippen MR) is 126 cm³/mol. The highest BCUT2D eigenvalue weighted by Gasteiger charge is 2.66. The maximum absolute atomic E-state index is 13.2. The topological polar surface area (TPSA) is 112 Å². The molecule has 2 saturated heterocycles. The Balaban J connectivity index is 2.17. The summed E-state index contributed by atoms with van der Waals surface area (Å²) in [6, 6.07) is 4.98. The van der Waals surface area contributed by atoms with Gasteiger partial charge in [0.2, 0.25) is 5.91 Å². The van der Waals surface area contributed by atoms with Gasteiger partial charge in [0.25, 0.3) is 5.91 Å². The molecule has 2 fully saturated rings. The second-order valence-electron chi connectivity index (χ2n) is 8.44. The van der Waals surface area contributed by atoms with Crippen molar-refractivity contribution in [3.63, 3.8) is 0 Å². The molecule has 1 aromatic carbocycles. The Morgan fingerprint density at radius 1 is 1.09 bits per heavy atom. The van der Waals surface area contributed by atoms with E-state index in [0.717, 1.165) is 6.08 Å². The zero-order valence-electron chi connectivity index (χ0n) is 20.3. The maximum atomic E-state index is 13.2. The number of ether oxygens (including phenoxy) is 4. The number of anilines is 1. The summed E-state index contributed by atoms with van der Waals surface area (Å²) in [6.45, 7) is 8.79. The van der Waals surface area contributed by atoms with Crippen molar-refractivity contribution in [3.05, 3.63) is 49.6 Å². The van der Waals surface area contributed by atoms with E-state index in [1.54, 1.807) is 24.3 Å². The highest BCUT2D eigenvalue weighted by Crippen LogP contribution is 2.47. The molecule has 188 valence electrons. The summed E-state index contributed by atoms with van der Waals surface area (Å²) in [6.07, 6.45) is 1.50. The Bertz CT molecular complexity index is 1020. The molecule has 2 aliphatic rings. The number of methoxy groups -OCH3 is 3. The fraction of sp³-hybridized carbons (Fsp3) is 0.440. The number of carbonyl (C=O) groups excluding carboxylic acids is 4. The van der Waals surface area contributed by atoms with Crippen LogP contribution in [0.3, 0.4) is 0 Å². The Morgan fingerprint density at radius 3 is 2.26 bits per heavy atom. The molecular formula is C25H30N2O8. The molecule has 2 amide bonds. The van der Waals surface area contributed by atoms with Crippen LogP contribution >= 0.6 is 0 Å². The molecule has 0 saturated carbocycles. The lowest BCUT2D eigenvalue weighted by Gasteiger charge is -2.52. The van der Waals surface area contributed by atoms with Crippen molar-refractivity contribution < 1.29 is 38.1 Å². The van der Waals surface area contributed by atoms with Gasteiger partial charge in [-0.1, -0.05) is 12.7 Å². The van der Waals surface area contributed by atoms with Crippen LogP contribution in [0.2, 0.25) is 0 Å². The summed E-state index contributed by atoms with van der Waals surface area (Å²) in [5.74, 6) is -2.63. The van der Waals surface area contributed by atoms with Crippen molar-refractivity contribution in [2.45, 2.75) is 37.1 Å². The van der Waals surface area contributed by atoms with Crippen LogP contribution in [-0.4, -0.2) is 80.3 Å². The number of amides is 2. The summed E-state index contributed by atoms with van der Waals surface area (Å²) in [5.41, 5.74) is -0.989. The molecule has 3 rings (SSSR count). The second kappa shape index (κ2) is 10.3. The lowest BCUT2D eigenvalue weighted by molar-refractivity contribution is -0.162. The van der Waals surface area contributed by atoms with Gasteiger partial charge in [-0.3, -0.25) is 14.4 Å². The number of carbonyl (C=O) groups is 4. The number of hydrogen-bond donors (Lipinski definition) is 0. The van der Waals surface area contributed by atoms with Crippen LogP contribution in [0.5, 0.6) is 5.75 Å². The van der Waals surface area contributed by atoms with Crippen molar-refractivity contribution in [1.29, 1.82) is 0 Å². The molecule has 0 aliphatic carbocycles. The minimum atomic E-state index is -1.50. The quantitative estimate of drug-likeness (QED) is 0.223. The van der Waals surface area contributed by atoms with Crippen molar-refractivity contribution in [3.8, 4) is 5.75 Å². The van der Waals surface area contributed by atoms with Gasteiger partial charge in [-0.25, -0.2) is 4.79 Å². The van der Waals surface area contributed by atoms with Crippen LogP contribution in [-0.2, 0) is 33.4 Å². The molecule has 2 aliphatic heterocycles. The number of benzene rings is 1. The first-order valence-corrected chi connectivity index (χ1v) is 11.0. The molecule has 1 aromatic rings. The van der Waals surface area contributed by atoms with E-state index in [1.807, 2.05) is 0 Å². The first-order chi connectivity index (χ1) is 16.7. The minimum Gasteiger partial charge on any atom is -0.497 e. The monoisotopic (exact) mass is 486 g/mol. The van der Waals surface area contributed by atoms with Gasteiger partial charge in [-0.15, -0.1) is 6.58 Å². The summed E-state index contributed by atoms with van der Waals surface area (Å²) in [7, 11) is 3.96. The van der Waals surface area contributed by atoms with Crippen molar-refractivity contribution in [1.82, 2.24) is 4.90 Å². The summed E-state index contributed by atoms with van der Waals surface area (Å²) in [4.78, 5) is 55.0. The Morgan fingerprint density at radius 2 is 1.74 bits per heavy atom. The third kappa shape index (κ3) is 4.29. The fourth-order valence-electron chi connectivity index (χ4n) is 5.01. The molecule has 0 N–H and O–H groups in total. The van der Waals surface area contributed by atoms with Gasteiger partial charge in [0.05, 0.1) is 45.9 Å². The molecular weight excluding hydrogens is 456 g/mol. The molecule has 10 heteroatoms. The van der Waals surface area contributed by atoms with Crippen LogP contribution in [0.25, 0.3) is 0 Å². The summed E-state index contributed by atoms with van der Waals surface area (Å²) < 4.78 is 21.0. The number of hydrogen-bond acceptors (Lipinski definition) is 8. The van der Waals surface area contributed by atoms with Crippen molar-refractivity contribution in [2.24, 2.45) is 5.92 Å². The average molecular weight is 487 g/mol. The molecule has 5 atom stereocenters. The highest BCUT2D eigenvalue weighted by molar-refractivity contribution is 6.06. The molecule has 0 aromatic heterocycles. The number of rotatable bonds is 9. The smallest absolute Gasteiger partial charge is 0.331 e. The number of nitrogens with zero attached hydrogens (tertiary/aromatic N) is 2. The lowest BCUT2D eigenvalue weighted by Crippen LogP contribution is -2.74. The molecule has 0 unspecified atom stereocenters. The van der Waals surface area contributed by atoms with Gasteiger partial charge < -0.3 is 28.7 Å². The molecule has 10 nitrogen and oxygen atoms in total. The zero-order chi connectivity index (χ0) is 25.9. The number of likely N-dealkylation sites (tertiary alicyclic amines) is 1. The van der Waals surface area contributed by atoms with E-state index in [9.17, 15) is 19.2 Å². The maximum Gasteiger partial charge on any atom is 0.331 e. The van der Waals surface area contributed by atoms with E-state index in [1.165, 1.54) is 44.1 Å². The Labute approximate surface area is 204 Å². The van der Waals surface area contributed by atoms with E-state index < -0.39 is 47.5 Å². The first-order valence-electron chi connectivity index (χ1n) is 11.0. The van der Waals surface area contributed by atoms with Crippen molar-refractivity contribution >= 4 is 29.4 Å². The standard InChI is InChI=1S/C25H30N2O8/c1-7-13-35-21-20(26(22(21)29)15-9-11-16(32-4)12-10-15)19-17(23(30)33-5)14-25(3,24(31)34-6)27(19)18(28)8-2/h7-12,17,19-21H,1-2,13-14H2,3-6H3/t17-,19+,20-,21+,25-/m0/s1. The SMILES string of the molecule is C=CCO[C@H]1C(=O)N(c2ccc(OC)cc2)[C@H]1[C@H]1[C@@H](C(=O)OC)C[C@@](C)(C(=O)OC)N1C(=O)C=C. The number of esters is 2. The molecule has 35 heavy (non-hydrogen) atoms. The van der Waals surface area contributed by atoms with Crippen LogP contribution in [0.1, 0.15) is 13.3 Å². The summed E-state index contributed by atoms with van der Waals surface area (Å²) in [5, 5.41) is 0.